The standard InChI is InChI=1S/C23H22ClN3O4/c1-15-4-3-5-19(10-15)30-14-21(28)25-17-11-23(2,12-17)22-26-20(27-31-22)13-29-18-8-6-16(24)7-9-18/h3-11H,12-14H2,1-2H3,(H,25,28). The van der Waals surface area contributed by atoms with Gasteiger partial charge in [0, 0.05) is 17.1 Å². The van der Waals surface area contributed by atoms with Gasteiger partial charge in [-0.1, -0.05) is 28.9 Å². The lowest BCUT2D eigenvalue weighted by atomic mass is 9.75. The Morgan fingerprint density at radius 1 is 1.19 bits per heavy atom. The lowest BCUT2D eigenvalue weighted by molar-refractivity contribution is -0.122. The van der Waals surface area contributed by atoms with Crippen molar-refractivity contribution >= 4 is 17.5 Å². The van der Waals surface area contributed by atoms with E-state index >= 15 is 0 Å². The first-order valence-corrected chi connectivity index (χ1v) is 10.2. The molecule has 4 rings (SSSR count). The van der Waals surface area contributed by atoms with Gasteiger partial charge < -0.3 is 19.3 Å². The van der Waals surface area contributed by atoms with Gasteiger partial charge in [0.2, 0.25) is 11.7 Å². The molecule has 1 N–H and O–H groups in total. The highest BCUT2D eigenvalue weighted by molar-refractivity contribution is 6.30. The van der Waals surface area contributed by atoms with Gasteiger partial charge in [0.1, 0.15) is 11.5 Å². The molecule has 0 bridgehead atoms. The van der Waals surface area contributed by atoms with Gasteiger partial charge in [0.15, 0.2) is 13.2 Å². The maximum Gasteiger partial charge on any atom is 0.262 e. The first kappa shape index (κ1) is 20.9. The van der Waals surface area contributed by atoms with Crippen LogP contribution in [0.5, 0.6) is 11.5 Å². The minimum absolute atomic E-state index is 0.0513. The Morgan fingerprint density at radius 3 is 2.71 bits per heavy atom. The van der Waals surface area contributed by atoms with E-state index in [0.717, 1.165) is 11.3 Å². The first-order chi connectivity index (χ1) is 14.9. The molecule has 1 aliphatic carbocycles. The molecule has 0 fully saturated rings. The molecule has 1 aromatic heterocycles. The summed E-state index contributed by atoms with van der Waals surface area (Å²) in [5.74, 6) is 2.06. The summed E-state index contributed by atoms with van der Waals surface area (Å²) in [6, 6.07) is 14.6. The van der Waals surface area contributed by atoms with Crippen molar-refractivity contribution in [3.05, 3.63) is 82.6 Å². The van der Waals surface area contributed by atoms with Gasteiger partial charge in [0.25, 0.3) is 5.91 Å². The molecule has 1 amide bonds. The zero-order chi connectivity index (χ0) is 21.8. The molecule has 8 heteroatoms. The molecule has 3 aromatic rings. The van der Waals surface area contributed by atoms with Crippen LogP contribution in [0, 0.1) is 6.92 Å². The van der Waals surface area contributed by atoms with Crippen molar-refractivity contribution < 1.29 is 18.8 Å². The summed E-state index contributed by atoms with van der Waals surface area (Å²) in [6.45, 7) is 4.08. The van der Waals surface area contributed by atoms with Gasteiger partial charge in [-0.3, -0.25) is 4.79 Å². The van der Waals surface area contributed by atoms with E-state index in [-0.39, 0.29) is 19.1 Å². The number of hydrogen-bond donors (Lipinski definition) is 1. The van der Waals surface area contributed by atoms with Crippen molar-refractivity contribution in [2.75, 3.05) is 6.61 Å². The summed E-state index contributed by atoms with van der Waals surface area (Å²) >= 11 is 5.87. The number of amides is 1. The summed E-state index contributed by atoms with van der Waals surface area (Å²) in [5.41, 5.74) is 1.45. The second kappa shape index (κ2) is 8.81. The Labute approximate surface area is 185 Å². The molecule has 1 atom stereocenters. The second-order valence-corrected chi connectivity index (χ2v) is 8.11. The van der Waals surface area contributed by atoms with E-state index in [2.05, 4.69) is 15.5 Å². The Morgan fingerprint density at radius 2 is 1.97 bits per heavy atom. The Kier molecular flexibility index (Phi) is 5.95. The Bertz CT molecular complexity index is 1110. The van der Waals surface area contributed by atoms with Crippen molar-refractivity contribution in [2.24, 2.45) is 0 Å². The van der Waals surface area contributed by atoms with Gasteiger partial charge in [-0.15, -0.1) is 0 Å². The van der Waals surface area contributed by atoms with Crippen LogP contribution in [0.15, 0.2) is 64.8 Å². The number of hydrogen-bond acceptors (Lipinski definition) is 6. The third-order valence-electron chi connectivity index (χ3n) is 4.85. The van der Waals surface area contributed by atoms with E-state index in [0.29, 0.717) is 34.7 Å². The van der Waals surface area contributed by atoms with E-state index in [4.69, 9.17) is 25.6 Å². The molecular formula is C23H22ClN3O4. The molecule has 7 nitrogen and oxygen atoms in total. The van der Waals surface area contributed by atoms with Crippen molar-refractivity contribution in [1.82, 2.24) is 15.5 Å². The summed E-state index contributed by atoms with van der Waals surface area (Å²) < 4.78 is 16.6. The average molecular weight is 440 g/mol. The number of ether oxygens (including phenoxy) is 2. The normalized spacial score (nSPS) is 17.5. The highest BCUT2D eigenvalue weighted by Gasteiger charge is 2.39. The van der Waals surface area contributed by atoms with E-state index in [1.807, 2.05) is 44.2 Å². The van der Waals surface area contributed by atoms with Crippen LogP contribution in [-0.2, 0) is 16.8 Å². The van der Waals surface area contributed by atoms with Gasteiger partial charge in [-0.2, -0.15) is 4.98 Å². The quantitative estimate of drug-likeness (QED) is 0.561. The predicted octanol–water partition coefficient (Wildman–Crippen LogP) is 4.35. The van der Waals surface area contributed by atoms with Crippen LogP contribution in [0.2, 0.25) is 5.02 Å². The number of aryl methyl sites for hydroxylation is 1. The van der Waals surface area contributed by atoms with Gasteiger partial charge in [-0.25, -0.2) is 0 Å². The summed E-state index contributed by atoms with van der Waals surface area (Å²) in [5, 5.41) is 7.48. The van der Waals surface area contributed by atoms with Crippen molar-refractivity contribution in [1.29, 1.82) is 0 Å². The fourth-order valence-corrected chi connectivity index (χ4v) is 3.39. The van der Waals surface area contributed by atoms with Gasteiger partial charge >= 0.3 is 0 Å². The number of halogens is 1. The van der Waals surface area contributed by atoms with Crippen LogP contribution in [-0.4, -0.2) is 22.7 Å². The topological polar surface area (TPSA) is 86.5 Å². The minimum Gasteiger partial charge on any atom is -0.485 e. The molecule has 1 unspecified atom stereocenters. The summed E-state index contributed by atoms with van der Waals surface area (Å²) in [7, 11) is 0. The molecular weight excluding hydrogens is 418 g/mol. The van der Waals surface area contributed by atoms with Crippen LogP contribution in [0.25, 0.3) is 0 Å². The first-order valence-electron chi connectivity index (χ1n) is 9.82. The zero-order valence-electron chi connectivity index (χ0n) is 17.2. The molecule has 1 aliphatic rings. The van der Waals surface area contributed by atoms with Gasteiger partial charge in [0.05, 0.1) is 5.41 Å². The number of benzene rings is 2. The molecule has 0 saturated carbocycles. The number of rotatable bonds is 8. The number of nitrogens with zero attached hydrogens (tertiary/aromatic N) is 2. The van der Waals surface area contributed by atoms with E-state index in [1.54, 1.807) is 24.3 Å². The van der Waals surface area contributed by atoms with Crippen molar-refractivity contribution in [3.8, 4) is 11.5 Å². The molecule has 0 saturated heterocycles. The highest BCUT2D eigenvalue weighted by atomic mass is 35.5. The largest absolute Gasteiger partial charge is 0.485 e. The van der Waals surface area contributed by atoms with E-state index in [1.165, 1.54) is 0 Å². The second-order valence-electron chi connectivity index (χ2n) is 7.68. The minimum atomic E-state index is -0.425. The van der Waals surface area contributed by atoms with Gasteiger partial charge in [-0.05, 0) is 61.9 Å². The lowest BCUT2D eigenvalue weighted by Crippen LogP contribution is -2.39. The SMILES string of the molecule is Cc1cccc(OCC(=O)NC2=CC(C)(c3nc(COc4ccc(Cl)cc4)no3)C2)c1. The van der Waals surface area contributed by atoms with E-state index in [9.17, 15) is 4.79 Å². The van der Waals surface area contributed by atoms with Crippen LogP contribution in [0.4, 0.5) is 0 Å². The average Bonchev–Trinajstić information content (AvgIpc) is 3.20. The number of allylic oxidation sites excluding steroid dienone is 2. The molecule has 0 aliphatic heterocycles. The van der Waals surface area contributed by atoms with Crippen LogP contribution >= 0.6 is 11.6 Å². The number of carbonyl (C=O) groups excluding carboxylic acids is 1. The molecule has 31 heavy (non-hydrogen) atoms. The smallest absolute Gasteiger partial charge is 0.262 e. The Balaban J connectivity index is 1.27. The fraction of sp³-hybridized carbons (Fsp3) is 0.261. The van der Waals surface area contributed by atoms with Crippen LogP contribution in [0.1, 0.15) is 30.6 Å². The third kappa shape index (κ3) is 5.24. The number of aromatic nitrogens is 2. The number of carbonyl (C=O) groups is 1. The van der Waals surface area contributed by atoms with Crippen molar-refractivity contribution in [2.45, 2.75) is 32.3 Å². The third-order valence-corrected chi connectivity index (χ3v) is 5.10. The fourth-order valence-electron chi connectivity index (χ4n) is 3.26. The molecule has 160 valence electrons. The summed E-state index contributed by atoms with van der Waals surface area (Å²) in [6.07, 6.45) is 2.50. The Hall–Kier alpha value is -3.32. The monoisotopic (exact) mass is 439 g/mol. The van der Waals surface area contributed by atoms with Crippen LogP contribution < -0.4 is 14.8 Å². The molecule has 1 heterocycles. The van der Waals surface area contributed by atoms with Crippen LogP contribution in [0.3, 0.4) is 0 Å². The summed E-state index contributed by atoms with van der Waals surface area (Å²) in [4.78, 5) is 16.6. The molecule has 2 aromatic carbocycles. The zero-order valence-corrected chi connectivity index (χ0v) is 18.0. The molecule has 0 spiro atoms. The predicted molar refractivity (Wildman–Crippen MR) is 115 cm³/mol. The maximum absolute atomic E-state index is 12.1. The maximum atomic E-state index is 12.1. The molecule has 0 radical (unpaired) electrons. The highest BCUT2D eigenvalue weighted by Crippen LogP contribution is 2.39. The van der Waals surface area contributed by atoms with E-state index < -0.39 is 5.41 Å². The lowest BCUT2D eigenvalue weighted by Gasteiger charge is -2.33. The van der Waals surface area contributed by atoms with Crippen molar-refractivity contribution in [3.63, 3.8) is 0 Å². The number of nitrogens with one attached hydrogen (secondary N) is 1.